The van der Waals surface area contributed by atoms with Gasteiger partial charge in [0.2, 0.25) is 0 Å². The summed E-state index contributed by atoms with van der Waals surface area (Å²) in [4.78, 5) is 18.9. The molecule has 0 aromatic carbocycles. The fourth-order valence-electron chi connectivity index (χ4n) is 2.65. The minimum atomic E-state index is -0.969. The van der Waals surface area contributed by atoms with Gasteiger partial charge in [-0.25, -0.2) is 14.8 Å². The van der Waals surface area contributed by atoms with Crippen LogP contribution in [-0.2, 0) is 6.54 Å². The zero-order chi connectivity index (χ0) is 13.8. The highest BCUT2D eigenvalue weighted by atomic mass is 16.4. The Morgan fingerprint density at radius 2 is 2.21 bits per heavy atom. The van der Waals surface area contributed by atoms with Crippen molar-refractivity contribution >= 4 is 5.97 Å². The van der Waals surface area contributed by atoms with Gasteiger partial charge in [-0.1, -0.05) is 13.8 Å². The molecule has 1 saturated carbocycles. The van der Waals surface area contributed by atoms with Crippen LogP contribution < -0.4 is 5.32 Å². The van der Waals surface area contributed by atoms with Crippen molar-refractivity contribution in [3.63, 3.8) is 0 Å². The molecule has 0 radical (unpaired) electrons. The minimum Gasteiger partial charge on any atom is -0.478 e. The molecule has 5 heteroatoms. The van der Waals surface area contributed by atoms with Gasteiger partial charge in [-0.2, -0.15) is 0 Å². The van der Waals surface area contributed by atoms with Gasteiger partial charge in [0.25, 0.3) is 0 Å². The zero-order valence-corrected chi connectivity index (χ0v) is 11.5. The first kappa shape index (κ1) is 13.9. The molecule has 1 aromatic heterocycles. The number of carbonyl (C=O) groups is 1. The Kier molecular flexibility index (Phi) is 4.47. The Balaban J connectivity index is 1.94. The van der Waals surface area contributed by atoms with E-state index in [0.29, 0.717) is 18.3 Å². The summed E-state index contributed by atoms with van der Waals surface area (Å²) in [5.41, 5.74) is 0.751. The fourth-order valence-corrected chi connectivity index (χ4v) is 2.65. The van der Waals surface area contributed by atoms with Crippen LogP contribution >= 0.6 is 0 Å². The van der Waals surface area contributed by atoms with Crippen LogP contribution in [0.15, 0.2) is 12.5 Å². The van der Waals surface area contributed by atoms with Crippen LogP contribution in [0.4, 0.5) is 0 Å². The maximum Gasteiger partial charge on any atom is 0.339 e. The van der Waals surface area contributed by atoms with E-state index in [0.717, 1.165) is 24.7 Å². The average Bonchev–Trinajstić information content (AvgIpc) is 2.40. The lowest BCUT2D eigenvalue weighted by Gasteiger charge is -2.32. The third kappa shape index (κ3) is 3.50. The number of hydrogen-bond donors (Lipinski definition) is 2. The fraction of sp³-hybridized carbons (Fsp3) is 0.643. The van der Waals surface area contributed by atoms with E-state index in [1.165, 1.54) is 18.9 Å². The van der Waals surface area contributed by atoms with Crippen LogP contribution in [0.3, 0.4) is 0 Å². The summed E-state index contributed by atoms with van der Waals surface area (Å²) in [6.45, 7) is 5.08. The van der Waals surface area contributed by atoms with Gasteiger partial charge in [0, 0.05) is 18.8 Å². The highest BCUT2D eigenvalue weighted by molar-refractivity contribution is 5.88. The highest BCUT2D eigenvalue weighted by Crippen LogP contribution is 2.29. The Bertz CT molecular complexity index is 450. The topological polar surface area (TPSA) is 75.1 Å². The summed E-state index contributed by atoms with van der Waals surface area (Å²) in [7, 11) is 0. The molecule has 0 bridgehead atoms. The smallest absolute Gasteiger partial charge is 0.339 e. The molecule has 2 N–H and O–H groups in total. The van der Waals surface area contributed by atoms with Crippen molar-refractivity contribution in [2.75, 3.05) is 0 Å². The maximum absolute atomic E-state index is 11.1. The summed E-state index contributed by atoms with van der Waals surface area (Å²) in [5, 5.41) is 12.5. The van der Waals surface area contributed by atoms with E-state index < -0.39 is 5.97 Å². The highest BCUT2D eigenvalue weighted by Gasteiger charge is 2.24. The van der Waals surface area contributed by atoms with Crippen molar-refractivity contribution in [1.29, 1.82) is 0 Å². The van der Waals surface area contributed by atoms with Crippen LogP contribution in [-0.4, -0.2) is 27.1 Å². The van der Waals surface area contributed by atoms with Crippen LogP contribution in [0.2, 0.25) is 0 Å². The van der Waals surface area contributed by atoms with Crippen LogP contribution in [0.25, 0.3) is 0 Å². The summed E-state index contributed by atoms with van der Waals surface area (Å²) < 4.78 is 0. The molecule has 2 rings (SSSR count). The zero-order valence-electron chi connectivity index (χ0n) is 11.5. The lowest BCUT2D eigenvalue weighted by molar-refractivity contribution is 0.0694. The van der Waals surface area contributed by atoms with E-state index in [9.17, 15) is 4.79 Å². The molecule has 19 heavy (non-hydrogen) atoms. The molecule has 1 aliphatic rings. The molecule has 0 spiro atoms. The van der Waals surface area contributed by atoms with Crippen molar-refractivity contribution in [3.8, 4) is 0 Å². The van der Waals surface area contributed by atoms with Gasteiger partial charge in [0.05, 0.1) is 5.69 Å². The van der Waals surface area contributed by atoms with E-state index >= 15 is 0 Å². The lowest BCUT2D eigenvalue weighted by Crippen LogP contribution is -2.36. The number of hydrogen-bond acceptors (Lipinski definition) is 4. The molecule has 3 atom stereocenters. The van der Waals surface area contributed by atoms with Crippen molar-refractivity contribution in [2.24, 2.45) is 11.8 Å². The first-order chi connectivity index (χ1) is 9.08. The molecule has 1 aromatic rings. The third-order valence-corrected chi connectivity index (χ3v) is 4.18. The normalized spacial score (nSPS) is 27.2. The Hall–Kier alpha value is -1.49. The second-order valence-corrected chi connectivity index (χ2v) is 5.53. The van der Waals surface area contributed by atoms with Crippen molar-refractivity contribution < 1.29 is 9.90 Å². The van der Waals surface area contributed by atoms with Gasteiger partial charge in [-0.05, 0) is 31.1 Å². The largest absolute Gasteiger partial charge is 0.478 e. The van der Waals surface area contributed by atoms with Crippen LogP contribution in [0.1, 0.15) is 49.2 Å². The average molecular weight is 263 g/mol. The molecule has 104 valence electrons. The number of rotatable bonds is 4. The van der Waals surface area contributed by atoms with Gasteiger partial charge >= 0.3 is 5.97 Å². The van der Waals surface area contributed by atoms with E-state index in [4.69, 9.17) is 5.11 Å². The molecule has 1 heterocycles. The molecule has 5 nitrogen and oxygen atoms in total. The predicted octanol–water partition coefficient (Wildman–Crippen LogP) is 2.09. The summed E-state index contributed by atoms with van der Waals surface area (Å²) in [5.74, 6) is 0.533. The van der Waals surface area contributed by atoms with Crippen LogP contribution in [0, 0.1) is 11.8 Å². The van der Waals surface area contributed by atoms with Gasteiger partial charge < -0.3 is 10.4 Å². The SMILES string of the molecule is CC1CCC(NCc2ncncc2C(=O)O)CC1C. The number of carboxylic acids is 1. The van der Waals surface area contributed by atoms with Crippen molar-refractivity contribution in [1.82, 2.24) is 15.3 Å². The van der Waals surface area contributed by atoms with E-state index in [-0.39, 0.29) is 5.56 Å². The monoisotopic (exact) mass is 263 g/mol. The number of aromatic carboxylic acids is 1. The van der Waals surface area contributed by atoms with E-state index in [1.54, 1.807) is 0 Å². The second-order valence-electron chi connectivity index (χ2n) is 5.53. The molecule has 0 amide bonds. The van der Waals surface area contributed by atoms with E-state index in [1.807, 2.05) is 0 Å². The quantitative estimate of drug-likeness (QED) is 0.870. The first-order valence-corrected chi connectivity index (χ1v) is 6.83. The number of nitrogens with one attached hydrogen (secondary N) is 1. The Morgan fingerprint density at radius 3 is 2.89 bits per heavy atom. The van der Waals surface area contributed by atoms with Crippen molar-refractivity contribution in [2.45, 2.75) is 45.7 Å². The Morgan fingerprint density at radius 1 is 1.42 bits per heavy atom. The molecule has 0 aliphatic heterocycles. The number of aromatic nitrogens is 2. The lowest BCUT2D eigenvalue weighted by atomic mass is 9.79. The molecule has 3 unspecified atom stereocenters. The van der Waals surface area contributed by atoms with Gasteiger partial charge in [0.1, 0.15) is 11.9 Å². The van der Waals surface area contributed by atoms with Gasteiger partial charge in [0.15, 0.2) is 0 Å². The molecular weight excluding hydrogens is 242 g/mol. The molecule has 1 aliphatic carbocycles. The summed E-state index contributed by atoms with van der Waals surface area (Å²) in [6, 6.07) is 0.461. The predicted molar refractivity (Wildman–Crippen MR) is 71.8 cm³/mol. The minimum absolute atomic E-state index is 0.187. The van der Waals surface area contributed by atoms with Gasteiger partial charge in [-0.15, -0.1) is 0 Å². The third-order valence-electron chi connectivity index (χ3n) is 4.18. The maximum atomic E-state index is 11.1. The summed E-state index contributed by atoms with van der Waals surface area (Å²) >= 11 is 0. The number of carboxylic acid groups (broad SMARTS) is 1. The van der Waals surface area contributed by atoms with E-state index in [2.05, 4.69) is 29.1 Å². The standard InChI is InChI=1S/C14H21N3O2/c1-9-3-4-11(5-10(9)2)16-7-13-12(14(18)19)6-15-8-17-13/h6,8-11,16H,3-5,7H2,1-2H3,(H,18,19). The second kappa shape index (κ2) is 6.10. The van der Waals surface area contributed by atoms with Gasteiger partial charge in [-0.3, -0.25) is 0 Å². The number of nitrogens with zero attached hydrogens (tertiary/aromatic N) is 2. The molecular formula is C14H21N3O2. The first-order valence-electron chi connectivity index (χ1n) is 6.83. The Labute approximate surface area is 113 Å². The summed E-state index contributed by atoms with van der Waals surface area (Å²) in [6.07, 6.45) is 6.29. The molecule has 0 saturated heterocycles. The molecule has 1 fully saturated rings. The van der Waals surface area contributed by atoms with Crippen LogP contribution in [0.5, 0.6) is 0 Å². The van der Waals surface area contributed by atoms with Crippen molar-refractivity contribution in [3.05, 3.63) is 23.8 Å².